The van der Waals surface area contributed by atoms with Gasteiger partial charge in [0.1, 0.15) is 0 Å². The van der Waals surface area contributed by atoms with Crippen molar-refractivity contribution in [2.24, 2.45) is 0 Å². The lowest BCUT2D eigenvalue weighted by Gasteiger charge is -2.36. The van der Waals surface area contributed by atoms with E-state index in [1.54, 1.807) is 12.1 Å². The van der Waals surface area contributed by atoms with Crippen LogP contribution in [0, 0.1) is 6.92 Å². The predicted octanol–water partition coefficient (Wildman–Crippen LogP) is 3.75. The van der Waals surface area contributed by atoms with Crippen LogP contribution in [0.25, 0.3) is 0 Å². The summed E-state index contributed by atoms with van der Waals surface area (Å²) in [6.45, 7) is 7.86. The number of carbonyl (C=O) groups is 2. The average molecular weight is 477 g/mol. The van der Waals surface area contributed by atoms with Gasteiger partial charge in [-0.1, -0.05) is 35.3 Å². The lowest BCUT2D eigenvalue weighted by atomic mass is 10.2. The predicted molar refractivity (Wildman–Crippen MR) is 131 cm³/mol. The summed E-state index contributed by atoms with van der Waals surface area (Å²) in [5.41, 5.74) is 2.89. The SMILES string of the molecule is Cc1cccc(N2CCN(CCCCNC(=O)CNC(=O)c3ccc(Cl)cc3Cl)CC2)c1. The van der Waals surface area contributed by atoms with E-state index in [0.717, 1.165) is 45.6 Å². The van der Waals surface area contributed by atoms with Crippen LogP contribution >= 0.6 is 23.2 Å². The first-order valence-corrected chi connectivity index (χ1v) is 11.7. The van der Waals surface area contributed by atoms with Gasteiger partial charge in [0.05, 0.1) is 17.1 Å². The Bertz CT molecular complexity index is 930. The van der Waals surface area contributed by atoms with Crippen LogP contribution in [0.2, 0.25) is 10.0 Å². The van der Waals surface area contributed by atoms with Crippen molar-refractivity contribution in [2.75, 3.05) is 50.7 Å². The summed E-state index contributed by atoms with van der Waals surface area (Å²) in [7, 11) is 0. The molecular formula is C24H30Cl2N4O2. The number of aryl methyl sites for hydroxylation is 1. The molecule has 2 N–H and O–H groups in total. The lowest BCUT2D eigenvalue weighted by Crippen LogP contribution is -2.46. The van der Waals surface area contributed by atoms with Crippen molar-refractivity contribution in [1.29, 1.82) is 0 Å². The Morgan fingerprint density at radius 3 is 2.47 bits per heavy atom. The minimum absolute atomic E-state index is 0.0846. The highest BCUT2D eigenvalue weighted by molar-refractivity contribution is 6.36. The number of hydrogen-bond donors (Lipinski definition) is 2. The number of halogens is 2. The number of rotatable bonds is 9. The first-order valence-electron chi connectivity index (χ1n) is 11.0. The van der Waals surface area contributed by atoms with E-state index in [2.05, 4.69) is 51.6 Å². The molecule has 1 aliphatic heterocycles. The van der Waals surface area contributed by atoms with Gasteiger partial charge in [-0.2, -0.15) is 0 Å². The Morgan fingerprint density at radius 2 is 1.75 bits per heavy atom. The number of carbonyl (C=O) groups excluding carboxylic acids is 2. The summed E-state index contributed by atoms with van der Waals surface area (Å²) in [6, 6.07) is 13.3. The third kappa shape index (κ3) is 7.40. The normalized spacial score (nSPS) is 14.3. The molecule has 3 rings (SSSR count). The van der Waals surface area contributed by atoms with Crippen molar-refractivity contribution < 1.29 is 9.59 Å². The van der Waals surface area contributed by atoms with Crippen LogP contribution in [0.15, 0.2) is 42.5 Å². The van der Waals surface area contributed by atoms with Gasteiger partial charge in [-0.3, -0.25) is 14.5 Å². The molecule has 0 spiro atoms. The third-order valence-electron chi connectivity index (χ3n) is 5.55. The van der Waals surface area contributed by atoms with E-state index in [1.807, 2.05) is 0 Å². The smallest absolute Gasteiger partial charge is 0.253 e. The van der Waals surface area contributed by atoms with Crippen molar-refractivity contribution in [3.63, 3.8) is 0 Å². The molecule has 0 aliphatic carbocycles. The van der Waals surface area contributed by atoms with Crippen LogP contribution < -0.4 is 15.5 Å². The zero-order chi connectivity index (χ0) is 22.9. The molecule has 1 saturated heterocycles. The molecule has 2 aromatic rings. The molecule has 1 heterocycles. The van der Waals surface area contributed by atoms with Crippen molar-refractivity contribution >= 4 is 40.7 Å². The Kier molecular flexibility index (Phi) is 9.21. The quantitative estimate of drug-likeness (QED) is 0.540. The van der Waals surface area contributed by atoms with Gasteiger partial charge in [-0.05, 0) is 62.2 Å². The highest BCUT2D eigenvalue weighted by atomic mass is 35.5. The topological polar surface area (TPSA) is 64.7 Å². The number of nitrogens with one attached hydrogen (secondary N) is 2. The number of unbranched alkanes of at least 4 members (excludes halogenated alkanes) is 1. The fraction of sp³-hybridized carbons (Fsp3) is 0.417. The van der Waals surface area contributed by atoms with E-state index in [9.17, 15) is 9.59 Å². The van der Waals surface area contributed by atoms with E-state index in [0.29, 0.717) is 17.1 Å². The van der Waals surface area contributed by atoms with Crippen molar-refractivity contribution in [3.8, 4) is 0 Å². The largest absolute Gasteiger partial charge is 0.369 e. The van der Waals surface area contributed by atoms with Crippen molar-refractivity contribution in [1.82, 2.24) is 15.5 Å². The molecule has 8 heteroatoms. The Hall–Kier alpha value is -2.28. The molecule has 0 atom stereocenters. The van der Waals surface area contributed by atoms with Crippen LogP contribution in [-0.4, -0.2) is 62.5 Å². The average Bonchev–Trinajstić information content (AvgIpc) is 2.77. The van der Waals surface area contributed by atoms with Gasteiger partial charge in [0.2, 0.25) is 5.91 Å². The molecule has 2 aromatic carbocycles. The second-order valence-electron chi connectivity index (χ2n) is 8.03. The summed E-state index contributed by atoms with van der Waals surface area (Å²) < 4.78 is 0. The third-order valence-corrected chi connectivity index (χ3v) is 6.10. The summed E-state index contributed by atoms with van der Waals surface area (Å²) in [5.74, 6) is -0.609. The highest BCUT2D eigenvalue weighted by Gasteiger charge is 2.17. The minimum Gasteiger partial charge on any atom is -0.369 e. The van der Waals surface area contributed by atoms with Gasteiger partial charge in [0, 0.05) is 43.4 Å². The van der Waals surface area contributed by atoms with E-state index < -0.39 is 5.91 Å². The summed E-state index contributed by atoms with van der Waals surface area (Å²) in [4.78, 5) is 29.0. The molecule has 1 aliphatic rings. The van der Waals surface area contributed by atoms with E-state index in [-0.39, 0.29) is 17.5 Å². The zero-order valence-corrected chi connectivity index (χ0v) is 19.9. The van der Waals surface area contributed by atoms with E-state index >= 15 is 0 Å². The molecule has 0 aromatic heterocycles. The van der Waals surface area contributed by atoms with Crippen LogP contribution in [0.1, 0.15) is 28.8 Å². The monoisotopic (exact) mass is 476 g/mol. The number of piperazine rings is 1. The molecule has 0 bridgehead atoms. The van der Waals surface area contributed by atoms with Crippen molar-refractivity contribution in [3.05, 3.63) is 63.6 Å². The molecular weight excluding hydrogens is 447 g/mol. The molecule has 6 nitrogen and oxygen atoms in total. The second kappa shape index (κ2) is 12.1. The summed E-state index contributed by atoms with van der Waals surface area (Å²) in [5, 5.41) is 6.15. The number of benzene rings is 2. The minimum atomic E-state index is -0.397. The van der Waals surface area contributed by atoms with Gasteiger partial charge < -0.3 is 15.5 Å². The van der Waals surface area contributed by atoms with Gasteiger partial charge in [0.15, 0.2) is 0 Å². The Morgan fingerprint density at radius 1 is 0.969 bits per heavy atom. The Labute approximate surface area is 199 Å². The molecule has 172 valence electrons. The number of nitrogens with zero attached hydrogens (tertiary/aromatic N) is 2. The first-order chi connectivity index (χ1) is 15.4. The maximum absolute atomic E-state index is 12.1. The fourth-order valence-corrected chi connectivity index (χ4v) is 4.23. The maximum atomic E-state index is 12.1. The lowest BCUT2D eigenvalue weighted by molar-refractivity contribution is -0.120. The number of anilines is 1. The van der Waals surface area contributed by atoms with Crippen LogP contribution in [-0.2, 0) is 4.79 Å². The molecule has 2 amide bonds. The maximum Gasteiger partial charge on any atom is 0.253 e. The fourth-order valence-electron chi connectivity index (χ4n) is 3.73. The number of amides is 2. The van der Waals surface area contributed by atoms with Crippen LogP contribution in [0.4, 0.5) is 5.69 Å². The molecule has 0 unspecified atom stereocenters. The van der Waals surface area contributed by atoms with E-state index in [4.69, 9.17) is 23.2 Å². The van der Waals surface area contributed by atoms with Crippen LogP contribution in [0.5, 0.6) is 0 Å². The standard InChI is InChI=1S/C24H30Cl2N4O2/c1-18-5-4-6-20(15-18)30-13-11-29(12-14-30)10-3-2-9-27-23(31)17-28-24(32)21-8-7-19(25)16-22(21)26/h4-8,15-16H,2-3,9-14,17H2,1H3,(H,27,31)(H,28,32). The number of hydrogen-bond acceptors (Lipinski definition) is 4. The first kappa shape index (κ1) is 24.4. The van der Waals surface area contributed by atoms with E-state index in [1.165, 1.54) is 17.3 Å². The molecule has 0 saturated carbocycles. The van der Waals surface area contributed by atoms with Crippen LogP contribution in [0.3, 0.4) is 0 Å². The van der Waals surface area contributed by atoms with Crippen molar-refractivity contribution in [2.45, 2.75) is 19.8 Å². The second-order valence-corrected chi connectivity index (χ2v) is 8.88. The molecule has 32 heavy (non-hydrogen) atoms. The molecule has 1 fully saturated rings. The summed E-state index contributed by atoms with van der Waals surface area (Å²) >= 11 is 11.8. The highest BCUT2D eigenvalue weighted by Crippen LogP contribution is 2.21. The van der Waals surface area contributed by atoms with Gasteiger partial charge >= 0.3 is 0 Å². The van der Waals surface area contributed by atoms with Gasteiger partial charge in [0.25, 0.3) is 5.91 Å². The Balaban J connectivity index is 1.26. The van der Waals surface area contributed by atoms with Gasteiger partial charge in [-0.25, -0.2) is 0 Å². The molecule has 0 radical (unpaired) electrons. The zero-order valence-electron chi connectivity index (χ0n) is 18.4. The van der Waals surface area contributed by atoms with Gasteiger partial charge in [-0.15, -0.1) is 0 Å². The summed E-state index contributed by atoms with van der Waals surface area (Å²) in [6.07, 6.45) is 1.93.